The molecule has 3 atom stereocenters. The summed E-state index contributed by atoms with van der Waals surface area (Å²) in [5, 5.41) is 11.8. The first kappa shape index (κ1) is 17.2. The summed E-state index contributed by atoms with van der Waals surface area (Å²) in [4.78, 5) is 22.5. The molecule has 1 heterocycles. The fourth-order valence-corrected chi connectivity index (χ4v) is 3.10. The number of hydrogen-bond acceptors (Lipinski definition) is 3. The van der Waals surface area contributed by atoms with Crippen LogP contribution in [0.25, 0.3) is 0 Å². The van der Waals surface area contributed by atoms with Crippen LogP contribution in [0.1, 0.15) is 34.1 Å². The highest BCUT2D eigenvalue weighted by atomic mass is 28.4. The van der Waals surface area contributed by atoms with Gasteiger partial charge in [0.2, 0.25) is 5.91 Å². The van der Waals surface area contributed by atoms with Gasteiger partial charge in [0.25, 0.3) is 0 Å². The number of rotatable bonds is 6. The first-order valence-corrected chi connectivity index (χ1v) is 10.1. The topological polar surface area (TPSA) is 75.6 Å². The molecule has 20 heavy (non-hydrogen) atoms. The number of carbonyl (C=O) groups is 2. The van der Waals surface area contributed by atoms with E-state index in [9.17, 15) is 9.59 Å². The van der Waals surface area contributed by atoms with Crippen LogP contribution in [0, 0.1) is 11.8 Å². The smallest absolute Gasteiger partial charge is 0.308 e. The average Bonchev–Trinajstić information content (AvgIpc) is 2.28. The van der Waals surface area contributed by atoms with Gasteiger partial charge in [-0.15, -0.1) is 0 Å². The lowest BCUT2D eigenvalue weighted by Crippen LogP contribution is -2.62. The summed E-state index contributed by atoms with van der Waals surface area (Å²) >= 11 is 0. The molecular formula is C14H27NO4Si. The van der Waals surface area contributed by atoms with Crippen LogP contribution < -0.4 is 5.32 Å². The minimum absolute atomic E-state index is 0.0538. The van der Waals surface area contributed by atoms with Crippen LogP contribution >= 0.6 is 0 Å². The maximum absolute atomic E-state index is 11.6. The first-order valence-electron chi connectivity index (χ1n) is 7.14. The molecule has 116 valence electrons. The maximum atomic E-state index is 11.6. The molecular weight excluding hydrogens is 274 g/mol. The SMILES string of the molecule is C[C@@H](C(=O)O)[C@@H]1NC(=O)[C@H]1CCO[Si](C)(C)C(C)(C)C. The molecule has 5 nitrogen and oxygen atoms in total. The molecule has 0 unspecified atom stereocenters. The van der Waals surface area contributed by atoms with Gasteiger partial charge in [0.05, 0.1) is 17.9 Å². The van der Waals surface area contributed by atoms with Gasteiger partial charge < -0.3 is 14.8 Å². The summed E-state index contributed by atoms with van der Waals surface area (Å²) in [6.45, 7) is 13.0. The molecule has 0 aliphatic carbocycles. The van der Waals surface area contributed by atoms with Gasteiger partial charge in [-0.25, -0.2) is 0 Å². The predicted molar refractivity (Wildman–Crippen MR) is 80.0 cm³/mol. The third-order valence-corrected chi connectivity index (χ3v) is 9.24. The van der Waals surface area contributed by atoms with Gasteiger partial charge >= 0.3 is 5.97 Å². The van der Waals surface area contributed by atoms with Gasteiger partial charge in [-0.2, -0.15) is 0 Å². The number of nitrogens with one attached hydrogen (secondary N) is 1. The van der Waals surface area contributed by atoms with Crippen LogP contribution in [0.15, 0.2) is 0 Å². The molecule has 0 aromatic rings. The van der Waals surface area contributed by atoms with Crippen molar-refractivity contribution >= 4 is 20.2 Å². The van der Waals surface area contributed by atoms with Crippen molar-refractivity contribution < 1.29 is 19.1 Å². The van der Waals surface area contributed by atoms with Crippen molar-refractivity contribution in [1.29, 1.82) is 0 Å². The molecule has 1 rings (SSSR count). The Morgan fingerprint density at radius 3 is 2.40 bits per heavy atom. The van der Waals surface area contributed by atoms with E-state index in [0.717, 1.165) is 0 Å². The zero-order chi connectivity index (χ0) is 15.7. The van der Waals surface area contributed by atoms with E-state index in [1.165, 1.54) is 0 Å². The lowest BCUT2D eigenvalue weighted by molar-refractivity contribution is -0.148. The van der Waals surface area contributed by atoms with E-state index in [4.69, 9.17) is 9.53 Å². The summed E-state index contributed by atoms with van der Waals surface area (Å²) in [7, 11) is -1.80. The van der Waals surface area contributed by atoms with Gasteiger partial charge in [-0.1, -0.05) is 20.8 Å². The second kappa shape index (κ2) is 5.85. The molecule has 1 fully saturated rings. The fraction of sp³-hybridized carbons (Fsp3) is 0.857. The molecule has 0 aromatic heterocycles. The largest absolute Gasteiger partial charge is 0.481 e. The number of carbonyl (C=O) groups excluding carboxylic acids is 1. The monoisotopic (exact) mass is 301 g/mol. The van der Waals surface area contributed by atoms with Crippen LogP contribution in [-0.2, 0) is 14.0 Å². The molecule has 6 heteroatoms. The van der Waals surface area contributed by atoms with Crippen LogP contribution in [0.3, 0.4) is 0 Å². The summed E-state index contributed by atoms with van der Waals surface area (Å²) < 4.78 is 6.05. The van der Waals surface area contributed by atoms with Gasteiger partial charge in [0, 0.05) is 6.61 Å². The highest BCUT2D eigenvalue weighted by Gasteiger charge is 2.45. The Kier molecular flexibility index (Phi) is 5.02. The van der Waals surface area contributed by atoms with Crippen molar-refractivity contribution in [3.05, 3.63) is 0 Å². The Morgan fingerprint density at radius 2 is 2.00 bits per heavy atom. The van der Waals surface area contributed by atoms with Gasteiger partial charge in [-0.3, -0.25) is 9.59 Å². The van der Waals surface area contributed by atoms with Gasteiger partial charge in [0.1, 0.15) is 0 Å². The van der Waals surface area contributed by atoms with Gasteiger partial charge in [0.15, 0.2) is 8.32 Å². The molecule has 0 saturated carbocycles. The van der Waals surface area contributed by atoms with Crippen molar-refractivity contribution in [2.45, 2.75) is 58.3 Å². The van der Waals surface area contributed by atoms with E-state index in [0.29, 0.717) is 13.0 Å². The highest BCUT2D eigenvalue weighted by molar-refractivity contribution is 6.74. The van der Waals surface area contributed by atoms with E-state index in [-0.39, 0.29) is 22.9 Å². The Labute approximate surface area is 122 Å². The van der Waals surface area contributed by atoms with Gasteiger partial charge in [-0.05, 0) is 31.5 Å². The zero-order valence-corrected chi connectivity index (χ0v) is 14.3. The Bertz CT molecular complexity index is 389. The number of carboxylic acids is 1. The first-order chi connectivity index (χ1) is 8.97. The standard InChI is InChI=1S/C14H27NO4Si/c1-9(13(17)18)11-10(12(16)15-11)7-8-19-20(5,6)14(2,3)4/h9-11H,7-8H2,1-6H3,(H,15,16)(H,17,18)/t9-,10+,11+/m1/s1. The van der Waals surface area contributed by atoms with Crippen LogP contribution in [0.2, 0.25) is 18.1 Å². The second-order valence-electron chi connectivity index (χ2n) is 7.17. The lowest BCUT2D eigenvalue weighted by atomic mass is 9.80. The number of hydrogen-bond donors (Lipinski definition) is 2. The van der Waals surface area contributed by atoms with E-state index < -0.39 is 20.2 Å². The predicted octanol–water partition coefficient (Wildman–Crippen LogP) is 2.23. The summed E-state index contributed by atoms with van der Waals surface area (Å²) in [6.07, 6.45) is 0.598. The summed E-state index contributed by atoms with van der Waals surface area (Å²) in [6, 6.07) is -0.261. The van der Waals surface area contributed by atoms with Crippen molar-refractivity contribution in [3.63, 3.8) is 0 Å². The Morgan fingerprint density at radius 1 is 1.45 bits per heavy atom. The average molecular weight is 301 g/mol. The molecule has 0 radical (unpaired) electrons. The number of amides is 1. The lowest BCUT2D eigenvalue weighted by Gasteiger charge is -2.41. The quantitative estimate of drug-likeness (QED) is 0.583. The second-order valence-corrected chi connectivity index (χ2v) is 12.0. The summed E-state index contributed by atoms with van der Waals surface area (Å²) in [5.41, 5.74) is 0. The van der Waals surface area contributed by atoms with Crippen LogP contribution in [-0.4, -0.2) is 37.9 Å². The number of carboxylic acid groups (broad SMARTS) is 1. The zero-order valence-electron chi connectivity index (χ0n) is 13.3. The fourth-order valence-electron chi connectivity index (χ4n) is 2.03. The van der Waals surface area contributed by atoms with Crippen LogP contribution in [0.5, 0.6) is 0 Å². The highest BCUT2D eigenvalue weighted by Crippen LogP contribution is 2.37. The molecule has 1 amide bonds. The minimum atomic E-state index is -1.80. The maximum Gasteiger partial charge on any atom is 0.308 e. The molecule has 1 aliphatic rings. The number of β-lactam (4-membered cyclic amide) rings is 1. The molecule has 1 aliphatic heterocycles. The minimum Gasteiger partial charge on any atom is -0.481 e. The van der Waals surface area contributed by atoms with E-state index in [1.54, 1.807) is 6.92 Å². The van der Waals surface area contributed by atoms with Crippen LogP contribution in [0.4, 0.5) is 0 Å². The van der Waals surface area contributed by atoms with Crippen molar-refractivity contribution in [2.75, 3.05) is 6.61 Å². The Balaban J connectivity index is 2.49. The third kappa shape index (κ3) is 3.61. The molecule has 0 aromatic carbocycles. The van der Waals surface area contributed by atoms with E-state index in [1.807, 2.05) is 0 Å². The molecule has 0 bridgehead atoms. The van der Waals surface area contributed by atoms with Crippen molar-refractivity contribution in [2.24, 2.45) is 11.8 Å². The Hall–Kier alpha value is -0.883. The summed E-state index contributed by atoms with van der Waals surface area (Å²) in [5.74, 6) is -1.70. The molecule has 0 spiro atoms. The van der Waals surface area contributed by atoms with E-state index >= 15 is 0 Å². The number of aliphatic carboxylic acids is 1. The van der Waals surface area contributed by atoms with E-state index in [2.05, 4.69) is 39.2 Å². The van der Waals surface area contributed by atoms with Crippen molar-refractivity contribution in [3.8, 4) is 0 Å². The molecule has 2 N–H and O–H groups in total. The third-order valence-electron chi connectivity index (χ3n) is 4.71. The normalized spacial score (nSPS) is 24.8. The molecule has 1 saturated heterocycles. The van der Waals surface area contributed by atoms with Crippen molar-refractivity contribution in [1.82, 2.24) is 5.32 Å².